The normalized spacial score (nSPS) is 14.1. The molecule has 0 bridgehead atoms. The molecule has 10 heavy (non-hydrogen) atoms. The van der Waals surface area contributed by atoms with Crippen molar-refractivity contribution in [1.82, 2.24) is 10.6 Å². The zero-order valence-corrected chi connectivity index (χ0v) is 7.57. The Morgan fingerprint density at radius 2 is 1.80 bits per heavy atom. The zero-order chi connectivity index (χ0) is 7.98. The van der Waals surface area contributed by atoms with Gasteiger partial charge in [0.25, 0.3) is 0 Å². The monoisotopic (exact) mass is 144 g/mol. The summed E-state index contributed by atoms with van der Waals surface area (Å²) in [7, 11) is 0. The zero-order valence-electron chi connectivity index (χ0n) is 7.57. The molecule has 0 amide bonds. The van der Waals surface area contributed by atoms with Gasteiger partial charge in [0.15, 0.2) is 0 Å². The van der Waals surface area contributed by atoms with Gasteiger partial charge in [-0.1, -0.05) is 6.92 Å². The lowest BCUT2D eigenvalue weighted by Crippen LogP contribution is -2.43. The van der Waals surface area contributed by atoms with Crippen molar-refractivity contribution >= 4 is 0 Å². The number of rotatable bonds is 5. The molecular weight excluding hydrogens is 124 g/mol. The molecular formula is C8H20N2. The van der Waals surface area contributed by atoms with Crippen molar-refractivity contribution in [2.75, 3.05) is 6.54 Å². The Morgan fingerprint density at radius 3 is 2.20 bits per heavy atom. The quantitative estimate of drug-likeness (QED) is 0.569. The fraction of sp³-hybridized carbons (Fsp3) is 1.00. The van der Waals surface area contributed by atoms with Crippen molar-refractivity contribution in [1.29, 1.82) is 0 Å². The second-order valence-electron chi connectivity index (χ2n) is 3.00. The summed E-state index contributed by atoms with van der Waals surface area (Å²) < 4.78 is 0. The first-order valence-corrected chi connectivity index (χ1v) is 4.16. The average Bonchev–Trinajstić information content (AvgIpc) is 1.82. The molecule has 0 heterocycles. The van der Waals surface area contributed by atoms with Gasteiger partial charge in [0.1, 0.15) is 0 Å². The molecule has 0 aromatic carbocycles. The smallest absolute Gasteiger partial charge is 0.0544 e. The molecule has 0 spiro atoms. The fourth-order valence-corrected chi connectivity index (χ4v) is 0.920. The topological polar surface area (TPSA) is 24.1 Å². The SMILES string of the molecule is CCCNC(C)NC(C)C. The highest BCUT2D eigenvalue weighted by atomic mass is 15.1. The maximum absolute atomic E-state index is 3.37. The lowest BCUT2D eigenvalue weighted by Gasteiger charge is -2.17. The van der Waals surface area contributed by atoms with Gasteiger partial charge < -0.3 is 5.32 Å². The van der Waals surface area contributed by atoms with Gasteiger partial charge in [0, 0.05) is 6.04 Å². The Bertz CT molecular complexity index is 71.7. The fourth-order valence-electron chi connectivity index (χ4n) is 0.920. The van der Waals surface area contributed by atoms with Crippen LogP contribution in [-0.4, -0.2) is 18.8 Å². The molecule has 2 N–H and O–H groups in total. The molecule has 1 atom stereocenters. The van der Waals surface area contributed by atoms with E-state index in [0.29, 0.717) is 12.2 Å². The van der Waals surface area contributed by atoms with E-state index in [0.717, 1.165) is 6.54 Å². The maximum Gasteiger partial charge on any atom is 0.0544 e. The van der Waals surface area contributed by atoms with Crippen LogP contribution in [0, 0.1) is 0 Å². The molecule has 0 fully saturated rings. The summed E-state index contributed by atoms with van der Waals surface area (Å²) in [6.07, 6.45) is 1.64. The third-order valence-corrected chi connectivity index (χ3v) is 1.28. The van der Waals surface area contributed by atoms with Crippen LogP contribution in [0.5, 0.6) is 0 Å². The Hall–Kier alpha value is -0.0800. The Labute approximate surface area is 64.4 Å². The highest BCUT2D eigenvalue weighted by Gasteiger charge is 1.99. The lowest BCUT2D eigenvalue weighted by molar-refractivity contribution is 0.418. The Balaban J connectivity index is 3.16. The van der Waals surface area contributed by atoms with E-state index >= 15 is 0 Å². The first-order chi connectivity index (χ1) is 4.66. The largest absolute Gasteiger partial charge is 0.302 e. The lowest BCUT2D eigenvalue weighted by atomic mass is 10.3. The molecule has 2 nitrogen and oxygen atoms in total. The van der Waals surface area contributed by atoms with Gasteiger partial charge in [-0.15, -0.1) is 0 Å². The third-order valence-electron chi connectivity index (χ3n) is 1.28. The van der Waals surface area contributed by atoms with Gasteiger partial charge in [-0.05, 0) is 33.7 Å². The Kier molecular flexibility index (Phi) is 5.64. The van der Waals surface area contributed by atoms with Gasteiger partial charge >= 0.3 is 0 Å². The van der Waals surface area contributed by atoms with E-state index in [4.69, 9.17) is 0 Å². The summed E-state index contributed by atoms with van der Waals surface area (Å²) in [5, 5.41) is 6.72. The second kappa shape index (κ2) is 5.69. The summed E-state index contributed by atoms with van der Waals surface area (Å²) in [5.41, 5.74) is 0. The third kappa shape index (κ3) is 6.05. The molecule has 0 radical (unpaired) electrons. The van der Waals surface area contributed by atoms with Crippen LogP contribution in [0.1, 0.15) is 34.1 Å². The van der Waals surface area contributed by atoms with Crippen LogP contribution in [0.15, 0.2) is 0 Å². The average molecular weight is 144 g/mol. The van der Waals surface area contributed by atoms with Crippen molar-refractivity contribution in [2.24, 2.45) is 0 Å². The van der Waals surface area contributed by atoms with Crippen LogP contribution in [0.2, 0.25) is 0 Å². The molecule has 2 heteroatoms. The van der Waals surface area contributed by atoms with Crippen LogP contribution >= 0.6 is 0 Å². The van der Waals surface area contributed by atoms with Crippen LogP contribution < -0.4 is 10.6 Å². The van der Waals surface area contributed by atoms with Crippen LogP contribution in [0.4, 0.5) is 0 Å². The molecule has 0 aliphatic rings. The van der Waals surface area contributed by atoms with Gasteiger partial charge in [0.05, 0.1) is 6.17 Å². The molecule has 0 aliphatic carbocycles. The van der Waals surface area contributed by atoms with Crippen molar-refractivity contribution in [3.05, 3.63) is 0 Å². The predicted molar refractivity (Wildman–Crippen MR) is 46.0 cm³/mol. The van der Waals surface area contributed by atoms with Crippen LogP contribution in [0.3, 0.4) is 0 Å². The highest BCUT2D eigenvalue weighted by molar-refractivity contribution is 4.60. The van der Waals surface area contributed by atoms with Crippen molar-refractivity contribution in [2.45, 2.75) is 46.3 Å². The number of hydrogen-bond acceptors (Lipinski definition) is 2. The van der Waals surface area contributed by atoms with Crippen molar-refractivity contribution in [3.8, 4) is 0 Å². The molecule has 0 saturated heterocycles. The minimum absolute atomic E-state index is 0.444. The summed E-state index contributed by atoms with van der Waals surface area (Å²) in [5.74, 6) is 0. The standard InChI is InChI=1S/C8H20N2/c1-5-6-9-8(4)10-7(2)3/h7-10H,5-6H2,1-4H3. The van der Waals surface area contributed by atoms with E-state index in [-0.39, 0.29) is 0 Å². The minimum Gasteiger partial charge on any atom is -0.302 e. The predicted octanol–water partition coefficient (Wildman–Crippen LogP) is 1.33. The highest BCUT2D eigenvalue weighted by Crippen LogP contribution is 1.81. The molecule has 0 aliphatic heterocycles. The van der Waals surface area contributed by atoms with E-state index in [1.807, 2.05) is 0 Å². The first kappa shape index (κ1) is 9.92. The van der Waals surface area contributed by atoms with E-state index in [9.17, 15) is 0 Å². The number of nitrogens with one attached hydrogen (secondary N) is 2. The van der Waals surface area contributed by atoms with Gasteiger partial charge in [-0.25, -0.2) is 0 Å². The first-order valence-electron chi connectivity index (χ1n) is 4.16. The van der Waals surface area contributed by atoms with E-state index in [2.05, 4.69) is 38.3 Å². The number of hydrogen-bond donors (Lipinski definition) is 2. The second-order valence-corrected chi connectivity index (χ2v) is 3.00. The minimum atomic E-state index is 0.444. The van der Waals surface area contributed by atoms with E-state index < -0.39 is 0 Å². The maximum atomic E-state index is 3.37. The van der Waals surface area contributed by atoms with Gasteiger partial charge in [-0.3, -0.25) is 5.32 Å². The van der Waals surface area contributed by atoms with Gasteiger partial charge in [-0.2, -0.15) is 0 Å². The van der Waals surface area contributed by atoms with Crippen LogP contribution in [-0.2, 0) is 0 Å². The van der Waals surface area contributed by atoms with Crippen molar-refractivity contribution in [3.63, 3.8) is 0 Å². The molecule has 0 rings (SSSR count). The van der Waals surface area contributed by atoms with Gasteiger partial charge in [0.2, 0.25) is 0 Å². The molecule has 0 saturated carbocycles. The summed E-state index contributed by atoms with van der Waals surface area (Å²) >= 11 is 0. The van der Waals surface area contributed by atoms with Crippen molar-refractivity contribution < 1.29 is 0 Å². The van der Waals surface area contributed by atoms with E-state index in [1.54, 1.807) is 0 Å². The van der Waals surface area contributed by atoms with Crippen LogP contribution in [0.25, 0.3) is 0 Å². The molecule has 1 unspecified atom stereocenters. The molecule has 0 aromatic rings. The summed E-state index contributed by atoms with van der Waals surface area (Å²) in [6.45, 7) is 9.74. The summed E-state index contributed by atoms with van der Waals surface area (Å²) in [4.78, 5) is 0. The molecule has 62 valence electrons. The van der Waals surface area contributed by atoms with E-state index in [1.165, 1.54) is 6.42 Å². The summed E-state index contributed by atoms with van der Waals surface area (Å²) in [6, 6.07) is 0.569. The Morgan fingerprint density at radius 1 is 1.20 bits per heavy atom. The molecule has 0 aromatic heterocycles.